The molecule has 2 nitrogen and oxygen atoms in total. The second-order valence-electron chi connectivity index (χ2n) is 3.18. The normalized spacial score (nSPS) is 12.3. The molecule has 0 radical (unpaired) electrons. The first-order chi connectivity index (χ1) is 7.76. The summed E-state index contributed by atoms with van der Waals surface area (Å²) in [5.41, 5.74) is 0.123. The fraction of sp³-hybridized carbons (Fsp3) is 0.300. The van der Waals surface area contributed by atoms with Crippen molar-refractivity contribution in [3.05, 3.63) is 29.8 Å². The monoisotopic (exact) mass is 254 g/mol. The molecule has 0 aliphatic heterocycles. The average Bonchev–Trinajstić information content (AvgIpc) is 2.25. The van der Waals surface area contributed by atoms with Crippen molar-refractivity contribution in [1.82, 2.24) is 0 Å². The van der Waals surface area contributed by atoms with Gasteiger partial charge < -0.3 is 4.74 Å². The summed E-state index contributed by atoms with van der Waals surface area (Å²) in [6.45, 7) is -1.82. The predicted octanol–water partition coefficient (Wildman–Crippen LogP) is 3.08. The summed E-state index contributed by atoms with van der Waals surface area (Å²) in [6.07, 6.45) is -5.23. The van der Waals surface area contributed by atoms with Crippen LogP contribution in [0.2, 0.25) is 0 Å². The minimum atomic E-state index is -5.66. The fourth-order valence-corrected chi connectivity index (χ4v) is 0.933. The molecule has 7 heteroatoms. The van der Waals surface area contributed by atoms with Gasteiger partial charge in [-0.05, 0) is 12.1 Å². The minimum Gasteiger partial charge on any atom is -0.487 e. The molecular weight excluding hydrogens is 247 g/mol. The number of alkyl halides is 5. The number of ether oxygens (including phenoxy) is 1. The smallest absolute Gasteiger partial charge is 0.456 e. The van der Waals surface area contributed by atoms with E-state index in [1.165, 1.54) is 18.2 Å². The molecular formula is C10H7F5O2. The molecule has 0 amide bonds. The van der Waals surface area contributed by atoms with Crippen LogP contribution in [0.25, 0.3) is 0 Å². The molecule has 0 fully saturated rings. The number of carbonyl (C=O) groups is 1. The summed E-state index contributed by atoms with van der Waals surface area (Å²) in [4.78, 5) is 10.3. The average molecular weight is 254 g/mol. The quantitative estimate of drug-likeness (QED) is 0.609. The van der Waals surface area contributed by atoms with Gasteiger partial charge in [0.2, 0.25) is 0 Å². The second-order valence-corrected chi connectivity index (χ2v) is 3.18. The van der Waals surface area contributed by atoms with Gasteiger partial charge in [-0.15, -0.1) is 0 Å². The Bertz CT molecular complexity index is 400. The summed E-state index contributed by atoms with van der Waals surface area (Å²) < 4.78 is 64.7. The third-order valence-corrected chi connectivity index (χ3v) is 1.83. The van der Waals surface area contributed by atoms with Gasteiger partial charge in [0, 0.05) is 5.56 Å². The Morgan fingerprint density at radius 1 is 1.18 bits per heavy atom. The van der Waals surface area contributed by atoms with Crippen molar-refractivity contribution in [2.75, 3.05) is 6.61 Å². The highest BCUT2D eigenvalue weighted by atomic mass is 19.4. The van der Waals surface area contributed by atoms with Crippen molar-refractivity contribution in [3.63, 3.8) is 0 Å². The zero-order valence-electron chi connectivity index (χ0n) is 8.30. The lowest BCUT2D eigenvalue weighted by Crippen LogP contribution is -2.41. The lowest BCUT2D eigenvalue weighted by Gasteiger charge is -2.19. The van der Waals surface area contributed by atoms with Gasteiger partial charge in [-0.25, -0.2) is 0 Å². The summed E-state index contributed by atoms with van der Waals surface area (Å²) in [6, 6.07) is 4.92. The molecule has 0 saturated heterocycles. The number of aldehydes is 1. The molecule has 0 aliphatic carbocycles. The van der Waals surface area contributed by atoms with Crippen LogP contribution in [0.3, 0.4) is 0 Å². The van der Waals surface area contributed by atoms with E-state index in [0.29, 0.717) is 6.29 Å². The summed E-state index contributed by atoms with van der Waals surface area (Å²) >= 11 is 0. The van der Waals surface area contributed by atoms with Gasteiger partial charge in [-0.3, -0.25) is 4.79 Å². The first-order valence-corrected chi connectivity index (χ1v) is 4.39. The molecule has 0 spiro atoms. The highest BCUT2D eigenvalue weighted by Gasteiger charge is 2.58. The van der Waals surface area contributed by atoms with Gasteiger partial charge in [-0.1, -0.05) is 12.1 Å². The topological polar surface area (TPSA) is 26.3 Å². The Morgan fingerprint density at radius 2 is 1.82 bits per heavy atom. The number of hydrogen-bond acceptors (Lipinski definition) is 2. The van der Waals surface area contributed by atoms with E-state index in [2.05, 4.69) is 4.74 Å². The maximum absolute atomic E-state index is 12.5. The molecule has 0 N–H and O–H groups in total. The molecule has 1 rings (SSSR count). The molecule has 0 unspecified atom stereocenters. The van der Waals surface area contributed by atoms with Crippen LogP contribution in [0.4, 0.5) is 22.0 Å². The Kier molecular flexibility index (Phi) is 3.69. The largest absolute Gasteiger partial charge is 0.487 e. The number of rotatable bonds is 4. The Labute approximate surface area is 93.0 Å². The van der Waals surface area contributed by atoms with Gasteiger partial charge in [0.25, 0.3) is 0 Å². The van der Waals surface area contributed by atoms with E-state index in [-0.39, 0.29) is 11.3 Å². The Balaban J connectivity index is 2.70. The minimum absolute atomic E-state index is 0.123. The van der Waals surface area contributed by atoms with Crippen LogP contribution in [0, 0.1) is 0 Å². The molecule has 0 atom stereocenters. The van der Waals surface area contributed by atoms with Crippen LogP contribution in [0.15, 0.2) is 24.3 Å². The van der Waals surface area contributed by atoms with Gasteiger partial charge in [0.15, 0.2) is 6.61 Å². The highest BCUT2D eigenvalue weighted by Crippen LogP contribution is 2.35. The second kappa shape index (κ2) is 4.68. The van der Waals surface area contributed by atoms with Gasteiger partial charge >= 0.3 is 12.1 Å². The van der Waals surface area contributed by atoms with Gasteiger partial charge in [0.05, 0.1) is 0 Å². The van der Waals surface area contributed by atoms with Crippen LogP contribution >= 0.6 is 0 Å². The molecule has 0 saturated carbocycles. The third kappa shape index (κ3) is 3.40. The van der Waals surface area contributed by atoms with E-state index >= 15 is 0 Å². The molecule has 17 heavy (non-hydrogen) atoms. The predicted molar refractivity (Wildman–Crippen MR) is 48.3 cm³/mol. The third-order valence-electron chi connectivity index (χ3n) is 1.83. The summed E-state index contributed by atoms with van der Waals surface area (Å²) in [7, 11) is 0. The molecule has 0 heterocycles. The van der Waals surface area contributed by atoms with Crippen LogP contribution in [-0.2, 0) is 0 Å². The maximum atomic E-state index is 12.5. The van der Waals surface area contributed by atoms with Crippen molar-refractivity contribution >= 4 is 6.29 Å². The van der Waals surface area contributed by atoms with Crippen molar-refractivity contribution in [1.29, 1.82) is 0 Å². The maximum Gasteiger partial charge on any atom is 0.456 e. The van der Waals surface area contributed by atoms with Crippen LogP contribution in [-0.4, -0.2) is 25.0 Å². The number of carbonyl (C=O) groups excluding carboxylic acids is 1. The summed E-state index contributed by atoms with van der Waals surface area (Å²) in [5, 5.41) is 0. The molecule has 1 aromatic rings. The fourth-order valence-electron chi connectivity index (χ4n) is 0.933. The van der Waals surface area contributed by atoms with Crippen molar-refractivity contribution in [3.8, 4) is 5.75 Å². The number of hydrogen-bond donors (Lipinski definition) is 0. The Hall–Kier alpha value is -1.66. The van der Waals surface area contributed by atoms with Crippen molar-refractivity contribution in [2.45, 2.75) is 12.1 Å². The van der Waals surface area contributed by atoms with Crippen molar-refractivity contribution in [2.24, 2.45) is 0 Å². The van der Waals surface area contributed by atoms with E-state index in [1.807, 2.05) is 0 Å². The molecule has 0 bridgehead atoms. The van der Waals surface area contributed by atoms with Crippen molar-refractivity contribution < 1.29 is 31.5 Å². The SMILES string of the molecule is O=Cc1cccc(OCC(F)(F)C(F)(F)F)c1. The van der Waals surface area contributed by atoms with Crippen LogP contribution in [0.5, 0.6) is 5.75 Å². The first kappa shape index (κ1) is 13.4. The lowest BCUT2D eigenvalue weighted by atomic mass is 10.2. The summed E-state index contributed by atoms with van der Waals surface area (Å²) in [5.74, 6) is -5.15. The van der Waals surface area contributed by atoms with Crippen LogP contribution in [0.1, 0.15) is 10.4 Å². The molecule has 94 valence electrons. The van der Waals surface area contributed by atoms with Crippen LogP contribution < -0.4 is 4.74 Å². The van der Waals surface area contributed by atoms with Gasteiger partial charge in [0.1, 0.15) is 12.0 Å². The Morgan fingerprint density at radius 3 is 2.35 bits per heavy atom. The number of halogens is 5. The molecule has 0 aliphatic rings. The van der Waals surface area contributed by atoms with E-state index in [0.717, 1.165) is 6.07 Å². The van der Waals surface area contributed by atoms with Gasteiger partial charge in [-0.2, -0.15) is 22.0 Å². The first-order valence-electron chi connectivity index (χ1n) is 4.39. The molecule has 1 aromatic carbocycles. The van der Waals surface area contributed by atoms with E-state index in [4.69, 9.17) is 0 Å². The zero-order valence-corrected chi connectivity index (χ0v) is 8.30. The van der Waals surface area contributed by atoms with E-state index < -0.39 is 18.7 Å². The zero-order chi connectivity index (χ0) is 13.1. The van der Waals surface area contributed by atoms with E-state index in [1.54, 1.807) is 0 Å². The lowest BCUT2D eigenvalue weighted by molar-refractivity contribution is -0.290. The highest BCUT2D eigenvalue weighted by molar-refractivity contribution is 5.75. The molecule has 0 aromatic heterocycles. The standard InChI is InChI=1S/C10H7F5O2/c11-9(12,10(13,14)15)6-17-8-3-1-2-7(4-8)5-16/h1-5H,6H2. The number of benzene rings is 1. The van der Waals surface area contributed by atoms with E-state index in [9.17, 15) is 26.7 Å².